The van der Waals surface area contributed by atoms with E-state index in [1.165, 1.54) is 0 Å². The van der Waals surface area contributed by atoms with Crippen molar-refractivity contribution < 1.29 is 14.3 Å². The molecular weight excluding hydrogens is 292 g/mol. The van der Waals surface area contributed by atoms with Gasteiger partial charge in [-0.15, -0.1) is 0 Å². The number of rotatable bonds is 7. The summed E-state index contributed by atoms with van der Waals surface area (Å²) in [5.74, 6) is 0.0913. The Bertz CT molecular complexity index is 545. The molecule has 0 unspecified atom stereocenters. The fourth-order valence-corrected chi connectivity index (χ4v) is 2.80. The molecule has 1 saturated heterocycles. The fourth-order valence-electron chi connectivity index (χ4n) is 2.80. The number of hydrogen-bond acceptors (Lipinski definition) is 3. The molecule has 23 heavy (non-hydrogen) atoms. The summed E-state index contributed by atoms with van der Waals surface area (Å²) < 4.78 is 5.41. The molecule has 2 rings (SSSR count). The van der Waals surface area contributed by atoms with Crippen LogP contribution in [0.5, 0.6) is 0 Å². The molecule has 0 saturated carbocycles. The lowest BCUT2D eigenvalue weighted by molar-refractivity contribution is -0.132. The summed E-state index contributed by atoms with van der Waals surface area (Å²) >= 11 is 0. The minimum atomic E-state index is -0.396. The summed E-state index contributed by atoms with van der Waals surface area (Å²) in [6.07, 6.45) is 2.89. The second-order valence-corrected chi connectivity index (χ2v) is 5.74. The highest BCUT2D eigenvalue weighted by Gasteiger charge is 2.20. The predicted octanol–water partition coefficient (Wildman–Crippen LogP) is 2.63. The number of piperidine rings is 1. The normalized spacial score (nSPS) is 16.3. The Balaban J connectivity index is 1.97. The van der Waals surface area contributed by atoms with Gasteiger partial charge in [-0.1, -0.05) is 19.1 Å². The molecule has 1 N–H and O–H groups in total. The van der Waals surface area contributed by atoms with Crippen molar-refractivity contribution in [1.82, 2.24) is 5.32 Å². The molecule has 1 aliphatic heterocycles. The molecule has 0 spiro atoms. The third-order valence-corrected chi connectivity index (χ3v) is 4.04. The summed E-state index contributed by atoms with van der Waals surface area (Å²) in [6.45, 7) is 5.56. The molecule has 2 amide bonds. The first kappa shape index (κ1) is 17.5. The Labute approximate surface area is 138 Å². The van der Waals surface area contributed by atoms with Crippen LogP contribution in [0.1, 0.15) is 45.1 Å². The van der Waals surface area contributed by atoms with Crippen molar-refractivity contribution >= 4 is 17.5 Å². The van der Waals surface area contributed by atoms with Gasteiger partial charge in [-0.25, -0.2) is 0 Å². The van der Waals surface area contributed by atoms with Crippen LogP contribution in [0.25, 0.3) is 0 Å². The Morgan fingerprint density at radius 1 is 1.35 bits per heavy atom. The van der Waals surface area contributed by atoms with E-state index in [0.717, 1.165) is 30.6 Å². The smallest absolute Gasteiger partial charge is 0.249 e. The van der Waals surface area contributed by atoms with Crippen LogP contribution in [0.2, 0.25) is 0 Å². The van der Waals surface area contributed by atoms with Crippen LogP contribution in [0.15, 0.2) is 24.3 Å². The van der Waals surface area contributed by atoms with Crippen LogP contribution in [0.4, 0.5) is 5.69 Å². The number of benzene rings is 1. The standard InChI is InChI=1S/C18H26N2O3/c1-3-16(23-4-2)18(22)19-13-14-8-7-9-15(12-14)20-11-6-5-10-17(20)21/h7-9,12,16H,3-6,10-11,13H2,1-2H3,(H,19,22)/t16-/m1/s1. The topological polar surface area (TPSA) is 58.6 Å². The van der Waals surface area contributed by atoms with E-state index in [9.17, 15) is 9.59 Å². The first-order chi connectivity index (χ1) is 11.2. The van der Waals surface area contributed by atoms with Crippen molar-refractivity contribution in [3.05, 3.63) is 29.8 Å². The molecule has 1 aliphatic rings. The van der Waals surface area contributed by atoms with E-state index in [4.69, 9.17) is 4.74 Å². The van der Waals surface area contributed by atoms with E-state index < -0.39 is 6.10 Å². The maximum Gasteiger partial charge on any atom is 0.249 e. The van der Waals surface area contributed by atoms with Crippen LogP contribution in [-0.4, -0.2) is 31.1 Å². The van der Waals surface area contributed by atoms with Crippen molar-refractivity contribution in [3.8, 4) is 0 Å². The van der Waals surface area contributed by atoms with E-state index in [-0.39, 0.29) is 11.8 Å². The van der Waals surface area contributed by atoms with Crippen molar-refractivity contribution in [3.63, 3.8) is 0 Å². The van der Waals surface area contributed by atoms with E-state index in [1.807, 2.05) is 43.0 Å². The molecule has 1 aromatic carbocycles. The number of anilines is 1. The number of carbonyl (C=O) groups excluding carboxylic acids is 2. The SMILES string of the molecule is CCO[C@H](CC)C(=O)NCc1cccc(N2CCCCC2=O)c1. The summed E-state index contributed by atoms with van der Waals surface area (Å²) in [4.78, 5) is 25.9. The highest BCUT2D eigenvalue weighted by Crippen LogP contribution is 2.21. The zero-order valence-corrected chi connectivity index (χ0v) is 14.0. The van der Waals surface area contributed by atoms with Gasteiger partial charge in [0.15, 0.2) is 0 Å². The molecule has 0 radical (unpaired) electrons. The lowest BCUT2D eigenvalue weighted by Crippen LogP contribution is -2.36. The van der Waals surface area contributed by atoms with Crippen molar-refractivity contribution in [2.45, 2.75) is 52.2 Å². The Hall–Kier alpha value is -1.88. The van der Waals surface area contributed by atoms with E-state index in [1.54, 1.807) is 0 Å². The molecule has 126 valence electrons. The quantitative estimate of drug-likeness (QED) is 0.841. The van der Waals surface area contributed by atoms with E-state index in [2.05, 4.69) is 5.32 Å². The van der Waals surface area contributed by atoms with E-state index in [0.29, 0.717) is 26.0 Å². The van der Waals surface area contributed by atoms with Crippen LogP contribution >= 0.6 is 0 Å². The molecule has 0 aromatic heterocycles. The molecule has 1 fully saturated rings. The van der Waals surface area contributed by atoms with Crippen molar-refractivity contribution in [2.24, 2.45) is 0 Å². The summed E-state index contributed by atoms with van der Waals surface area (Å²) in [6, 6.07) is 7.81. The van der Waals surface area contributed by atoms with Gasteiger partial charge in [0.1, 0.15) is 6.10 Å². The zero-order chi connectivity index (χ0) is 16.7. The van der Waals surface area contributed by atoms with Crippen molar-refractivity contribution in [2.75, 3.05) is 18.1 Å². The van der Waals surface area contributed by atoms with Gasteiger partial charge in [0.25, 0.3) is 0 Å². The number of nitrogens with one attached hydrogen (secondary N) is 1. The van der Waals surface area contributed by atoms with Gasteiger partial charge in [-0.05, 0) is 43.9 Å². The van der Waals surface area contributed by atoms with Crippen LogP contribution in [-0.2, 0) is 20.9 Å². The average molecular weight is 318 g/mol. The highest BCUT2D eigenvalue weighted by atomic mass is 16.5. The summed E-state index contributed by atoms with van der Waals surface area (Å²) in [7, 11) is 0. The van der Waals surface area contributed by atoms with Crippen LogP contribution in [0, 0.1) is 0 Å². The second-order valence-electron chi connectivity index (χ2n) is 5.74. The minimum absolute atomic E-state index is 0.0891. The first-order valence-electron chi connectivity index (χ1n) is 8.44. The number of amides is 2. The lowest BCUT2D eigenvalue weighted by atomic mass is 10.1. The van der Waals surface area contributed by atoms with Gasteiger partial charge in [0.2, 0.25) is 11.8 Å². The predicted molar refractivity (Wildman–Crippen MR) is 90.2 cm³/mol. The monoisotopic (exact) mass is 318 g/mol. The number of hydrogen-bond donors (Lipinski definition) is 1. The van der Waals surface area contributed by atoms with Gasteiger partial charge < -0.3 is 15.0 Å². The van der Waals surface area contributed by atoms with Crippen molar-refractivity contribution in [1.29, 1.82) is 0 Å². The molecule has 5 nitrogen and oxygen atoms in total. The number of carbonyl (C=O) groups is 2. The second kappa shape index (κ2) is 8.67. The summed E-state index contributed by atoms with van der Waals surface area (Å²) in [5, 5.41) is 2.91. The van der Waals surface area contributed by atoms with Gasteiger partial charge >= 0.3 is 0 Å². The lowest BCUT2D eigenvalue weighted by Gasteiger charge is -2.27. The Morgan fingerprint density at radius 3 is 2.87 bits per heavy atom. The zero-order valence-electron chi connectivity index (χ0n) is 14.0. The van der Waals surface area contributed by atoms with Gasteiger partial charge in [-0.2, -0.15) is 0 Å². The molecule has 1 atom stereocenters. The molecule has 0 bridgehead atoms. The van der Waals surface area contributed by atoms with Gasteiger partial charge in [0, 0.05) is 31.8 Å². The van der Waals surface area contributed by atoms with Crippen LogP contribution in [0.3, 0.4) is 0 Å². The molecule has 1 aromatic rings. The highest BCUT2D eigenvalue weighted by molar-refractivity contribution is 5.94. The van der Waals surface area contributed by atoms with Gasteiger partial charge in [0.05, 0.1) is 0 Å². The molecular formula is C18H26N2O3. The molecule has 0 aliphatic carbocycles. The average Bonchev–Trinajstić information content (AvgIpc) is 2.58. The largest absolute Gasteiger partial charge is 0.369 e. The van der Waals surface area contributed by atoms with E-state index >= 15 is 0 Å². The first-order valence-corrected chi connectivity index (χ1v) is 8.44. The van der Waals surface area contributed by atoms with Crippen LogP contribution < -0.4 is 10.2 Å². The minimum Gasteiger partial charge on any atom is -0.369 e. The third-order valence-electron chi connectivity index (χ3n) is 4.04. The summed E-state index contributed by atoms with van der Waals surface area (Å²) in [5.41, 5.74) is 1.90. The Kier molecular flexibility index (Phi) is 6.59. The maximum atomic E-state index is 12.1. The fraction of sp³-hybridized carbons (Fsp3) is 0.556. The third kappa shape index (κ3) is 4.79. The Morgan fingerprint density at radius 2 is 2.17 bits per heavy atom. The number of ether oxygens (including phenoxy) is 1. The maximum absolute atomic E-state index is 12.1. The number of nitrogens with zero attached hydrogens (tertiary/aromatic N) is 1. The van der Waals surface area contributed by atoms with Gasteiger partial charge in [-0.3, -0.25) is 9.59 Å². The molecule has 1 heterocycles. The molecule has 5 heteroatoms.